The van der Waals surface area contributed by atoms with Crippen molar-refractivity contribution in [3.05, 3.63) is 21.1 Å². The summed E-state index contributed by atoms with van der Waals surface area (Å²) in [4.78, 5) is 0.263. The van der Waals surface area contributed by atoms with Crippen molar-refractivity contribution < 1.29 is 8.42 Å². The topological polar surface area (TPSA) is 63.4 Å². The van der Waals surface area contributed by atoms with E-state index in [4.69, 9.17) is 5.73 Å². The highest BCUT2D eigenvalue weighted by Crippen LogP contribution is 2.39. The molecule has 0 aromatic heterocycles. The molecule has 1 aromatic carbocycles. The van der Waals surface area contributed by atoms with Crippen molar-refractivity contribution in [1.29, 1.82) is 0 Å². The number of hydrogen-bond acceptors (Lipinski definition) is 3. The minimum absolute atomic E-state index is 0.138. The van der Waals surface area contributed by atoms with Crippen molar-refractivity contribution in [3.8, 4) is 0 Å². The lowest BCUT2D eigenvalue weighted by atomic mass is 10.2. The second kappa shape index (κ2) is 5.94. The second-order valence-electron chi connectivity index (χ2n) is 5.51. The average Bonchev–Trinajstić information content (AvgIpc) is 3.06. The first kappa shape index (κ1) is 16.3. The molecule has 1 aromatic rings. The summed E-state index contributed by atoms with van der Waals surface area (Å²) < 4.78 is 28.5. The van der Waals surface area contributed by atoms with Crippen LogP contribution >= 0.6 is 31.9 Å². The number of hydrogen-bond donors (Lipinski definition) is 1. The quantitative estimate of drug-likeness (QED) is 0.733. The third kappa shape index (κ3) is 3.37. The van der Waals surface area contributed by atoms with Gasteiger partial charge in [0.15, 0.2) is 0 Å². The fourth-order valence-corrected chi connectivity index (χ4v) is 6.50. The van der Waals surface area contributed by atoms with Gasteiger partial charge in [-0.05, 0) is 62.8 Å². The van der Waals surface area contributed by atoms with E-state index in [-0.39, 0.29) is 16.9 Å². The standard InChI is InChI=1S/C13H18Br2N2O2S/c1-8(2)7-17(10-3-4-10)20(18,19)13-11(14)5-9(16)6-12(13)15/h5-6,8,10H,3-4,7,16H2,1-2H3. The normalized spacial score (nSPS) is 16.1. The van der Waals surface area contributed by atoms with Crippen molar-refractivity contribution in [2.75, 3.05) is 12.3 Å². The Labute approximate surface area is 137 Å². The molecular formula is C13H18Br2N2O2S. The second-order valence-corrected chi connectivity index (χ2v) is 9.05. The maximum absolute atomic E-state index is 12.9. The van der Waals surface area contributed by atoms with Crippen molar-refractivity contribution in [2.24, 2.45) is 5.92 Å². The van der Waals surface area contributed by atoms with Crippen molar-refractivity contribution in [2.45, 2.75) is 37.6 Å². The Kier molecular flexibility index (Phi) is 4.83. The lowest BCUT2D eigenvalue weighted by Gasteiger charge is -2.25. The first-order valence-corrected chi connectivity index (χ1v) is 9.52. The molecule has 0 unspecified atom stereocenters. The number of nitrogens with zero attached hydrogens (tertiary/aromatic N) is 1. The lowest BCUT2D eigenvalue weighted by Crippen LogP contribution is -2.36. The van der Waals surface area contributed by atoms with Crippen LogP contribution in [0.2, 0.25) is 0 Å². The maximum Gasteiger partial charge on any atom is 0.245 e. The van der Waals surface area contributed by atoms with E-state index >= 15 is 0 Å². The highest BCUT2D eigenvalue weighted by atomic mass is 79.9. The summed E-state index contributed by atoms with van der Waals surface area (Å²) in [5.41, 5.74) is 6.25. The molecule has 1 aliphatic rings. The number of halogens is 2. The first-order valence-electron chi connectivity index (χ1n) is 6.50. The number of nitrogen functional groups attached to an aromatic ring is 1. The van der Waals surface area contributed by atoms with Crippen LogP contribution in [0.25, 0.3) is 0 Å². The van der Waals surface area contributed by atoms with E-state index in [0.29, 0.717) is 21.2 Å². The Hall–Kier alpha value is -0.110. The molecule has 112 valence electrons. The lowest BCUT2D eigenvalue weighted by molar-refractivity contribution is 0.359. The molecule has 7 heteroatoms. The minimum Gasteiger partial charge on any atom is -0.399 e. The van der Waals surface area contributed by atoms with E-state index < -0.39 is 10.0 Å². The van der Waals surface area contributed by atoms with E-state index in [1.165, 1.54) is 0 Å². The molecule has 0 spiro atoms. The van der Waals surface area contributed by atoms with Gasteiger partial charge in [-0.1, -0.05) is 13.8 Å². The van der Waals surface area contributed by atoms with Gasteiger partial charge in [0.1, 0.15) is 4.90 Å². The van der Waals surface area contributed by atoms with Gasteiger partial charge in [0.05, 0.1) is 0 Å². The number of benzene rings is 1. The van der Waals surface area contributed by atoms with E-state index in [2.05, 4.69) is 31.9 Å². The Balaban J connectivity index is 2.48. The molecule has 2 N–H and O–H groups in total. The van der Waals surface area contributed by atoms with Gasteiger partial charge < -0.3 is 5.73 Å². The first-order chi connectivity index (χ1) is 9.23. The van der Waals surface area contributed by atoms with Crippen LogP contribution in [-0.4, -0.2) is 25.3 Å². The fraction of sp³-hybridized carbons (Fsp3) is 0.538. The van der Waals surface area contributed by atoms with Gasteiger partial charge >= 0.3 is 0 Å². The molecular weight excluding hydrogens is 408 g/mol. The van der Waals surface area contributed by atoms with Crippen LogP contribution in [-0.2, 0) is 10.0 Å². The molecule has 1 fully saturated rings. The monoisotopic (exact) mass is 424 g/mol. The van der Waals surface area contributed by atoms with Crippen LogP contribution in [0, 0.1) is 5.92 Å². The Morgan fingerprint density at radius 1 is 1.30 bits per heavy atom. The molecule has 1 aliphatic carbocycles. The van der Waals surface area contributed by atoms with Gasteiger partial charge in [0.2, 0.25) is 10.0 Å². The van der Waals surface area contributed by atoms with E-state index in [1.807, 2.05) is 13.8 Å². The van der Waals surface area contributed by atoms with Gasteiger partial charge in [-0.2, -0.15) is 4.31 Å². The zero-order chi connectivity index (χ0) is 15.1. The summed E-state index contributed by atoms with van der Waals surface area (Å²) in [5, 5.41) is 0. The molecule has 0 atom stereocenters. The Morgan fingerprint density at radius 2 is 1.80 bits per heavy atom. The van der Waals surface area contributed by atoms with E-state index in [0.717, 1.165) is 12.8 Å². The average molecular weight is 426 g/mol. The van der Waals surface area contributed by atoms with Gasteiger partial charge in [-0.25, -0.2) is 8.42 Å². The summed E-state index contributed by atoms with van der Waals surface area (Å²) in [6.45, 7) is 4.59. The number of anilines is 1. The highest BCUT2D eigenvalue weighted by molar-refractivity contribution is 9.11. The molecule has 0 radical (unpaired) electrons. The molecule has 0 heterocycles. The van der Waals surface area contributed by atoms with E-state index in [9.17, 15) is 8.42 Å². The van der Waals surface area contributed by atoms with Crippen LogP contribution in [0.5, 0.6) is 0 Å². The Bertz CT molecular complexity index is 590. The van der Waals surface area contributed by atoms with Crippen molar-refractivity contribution in [1.82, 2.24) is 4.31 Å². The molecule has 0 bridgehead atoms. The van der Waals surface area contributed by atoms with Gasteiger partial charge in [-0.3, -0.25) is 0 Å². The van der Waals surface area contributed by atoms with E-state index in [1.54, 1.807) is 16.4 Å². The van der Waals surface area contributed by atoms with Gasteiger partial charge in [0.25, 0.3) is 0 Å². The SMILES string of the molecule is CC(C)CN(C1CC1)S(=O)(=O)c1c(Br)cc(N)cc1Br. The van der Waals surface area contributed by atoms with Crippen molar-refractivity contribution in [3.63, 3.8) is 0 Å². The summed E-state index contributed by atoms with van der Waals surface area (Å²) >= 11 is 6.64. The molecule has 0 amide bonds. The van der Waals surface area contributed by atoms with Crippen LogP contribution in [0.15, 0.2) is 26.0 Å². The largest absolute Gasteiger partial charge is 0.399 e. The molecule has 0 aliphatic heterocycles. The van der Waals surface area contributed by atoms with Crippen LogP contribution in [0.3, 0.4) is 0 Å². The summed E-state index contributed by atoms with van der Waals surface area (Å²) in [6, 6.07) is 3.38. The smallest absolute Gasteiger partial charge is 0.245 e. The summed E-state index contributed by atoms with van der Waals surface area (Å²) in [6.07, 6.45) is 1.88. The highest BCUT2D eigenvalue weighted by Gasteiger charge is 2.39. The Morgan fingerprint density at radius 3 is 2.20 bits per heavy atom. The number of rotatable bonds is 5. The molecule has 4 nitrogen and oxygen atoms in total. The van der Waals surface area contributed by atoms with Crippen molar-refractivity contribution >= 4 is 47.6 Å². The maximum atomic E-state index is 12.9. The van der Waals surface area contributed by atoms with Crippen LogP contribution < -0.4 is 5.73 Å². The predicted molar refractivity (Wildman–Crippen MR) is 88.0 cm³/mol. The molecule has 2 rings (SSSR count). The zero-order valence-electron chi connectivity index (χ0n) is 11.4. The third-order valence-corrected chi connectivity index (χ3v) is 6.88. The number of sulfonamides is 1. The molecule has 0 saturated heterocycles. The minimum atomic E-state index is -3.53. The van der Waals surface area contributed by atoms with Crippen LogP contribution in [0.4, 0.5) is 5.69 Å². The summed E-state index contributed by atoms with van der Waals surface area (Å²) in [7, 11) is -3.53. The van der Waals surface area contributed by atoms with Crippen LogP contribution in [0.1, 0.15) is 26.7 Å². The number of nitrogens with two attached hydrogens (primary N) is 1. The van der Waals surface area contributed by atoms with Gasteiger partial charge in [0, 0.05) is 27.2 Å². The zero-order valence-corrected chi connectivity index (χ0v) is 15.4. The molecule has 20 heavy (non-hydrogen) atoms. The third-order valence-electron chi connectivity index (χ3n) is 3.09. The molecule has 1 saturated carbocycles. The summed E-state index contributed by atoms with van der Waals surface area (Å²) in [5.74, 6) is 0.289. The van der Waals surface area contributed by atoms with Gasteiger partial charge in [-0.15, -0.1) is 0 Å². The fourth-order valence-electron chi connectivity index (χ4n) is 2.11. The predicted octanol–water partition coefficient (Wildman–Crippen LogP) is 3.60.